The van der Waals surface area contributed by atoms with E-state index in [1.54, 1.807) is 0 Å². The third-order valence-electron chi connectivity index (χ3n) is 3.17. The lowest BCUT2D eigenvalue weighted by Gasteiger charge is -2.09. The number of hydrogen-bond acceptors (Lipinski definition) is 2. The van der Waals surface area contributed by atoms with E-state index in [-0.39, 0.29) is 11.7 Å². The van der Waals surface area contributed by atoms with E-state index in [1.807, 2.05) is 38.1 Å². The lowest BCUT2D eigenvalue weighted by atomic mass is 10.1. The van der Waals surface area contributed by atoms with Crippen molar-refractivity contribution in [1.82, 2.24) is 9.55 Å². The molecule has 1 aromatic carbocycles. The molecule has 0 bridgehead atoms. The zero-order valence-corrected chi connectivity index (χ0v) is 11.3. The fourth-order valence-corrected chi connectivity index (χ4v) is 2.05. The Bertz CT molecular complexity index is 555. The Labute approximate surface area is 108 Å². The van der Waals surface area contributed by atoms with E-state index in [2.05, 4.69) is 16.5 Å². The summed E-state index contributed by atoms with van der Waals surface area (Å²) >= 11 is 0. The molecule has 0 amide bonds. The maximum atomic E-state index is 12.0. The van der Waals surface area contributed by atoms with Gasteiger partial charge in [-0.15, -0.1) is 0 Å². The van der Waals surface area contributed by atoms with Crippen molar-refractivity contribution in [2.24, 2.45) is 5.92 Å². The van der Waals surface area contributed by atoms with Gasteiger partial charge in [-0.25, -0.2) is 4.98 Å². The van der Waals surface area contributed by atoms with Crippen LogP contribution in [0.2, 0.25) is 0 Å². The molecular weight excluding hydrogens is 224 g/mol. The van der Waals surface area contributed by atoms with Crippen LogP contribution in [0.15, 0.2) is 24.3 Å². The molecule has 0 N–H and O–H groups in total. The molecule has 3 nitrogen and oxygen atoms in total. The summed E-state index contributed by atoms with van der Waals surface area (Å²) in [7, 11) is 0. The van der Waals surface area contributed by atoms with Crippen molar-refractivity contribution in [3.8, 4) is 0 Å². The molecular formula is C15H20N2O. The Balaban J connectivity index is 2.44. The minimum Gasteiger partial charge on any atom is -0.320 e. The van der Waals surface area contributed by atoms with Crippen LogP contribution in [0, 0.1) is 5.92 Å². The van der Waals surface area contributed by atoms with Crippen molar-refractivity contribution in [1.29, 1.82) is 0 Å². The van der Waals surface area contributed by atoms with E-state index in [0.717, 1.165) is 29.7 Å². The highest BCUT2D eigenvalue weighted by Crippen LogP contribution is 2.17. The minimum atomic E-state index is 0.0700. The Hall–Kier alpha value is -1.64. The summed E-state index contributed by atoms with van der Waals surface area (Å²) in [4.78, 5) is 16.6. The molecule has 0 spiro atoms. The Morgan fingerprint density at radius 2 is 2.06 bits per heavy atom. The number of benzene rings is 1. The Kier molecular flexibility index (Phi) is 3.80. The fraction of sp³-hybridized carbons (Fsp3) is 0.467. The van der Waals surface area contributed by atoms with Crippen molar-refractivity contribution < 1.29 is 4.79 Å². The molecule has 0 saturated carbocycles. The van der Waals surface area contributed by atoms with Crippen LogP contribution in [-0.4, -0.2) is 15.3 Å². The maximum Gasteiger partial charge on any atom is 0.155 e. The Morgan fingerprint density at radius 3 is 2.72 bits per heavy atom. The molecule has 96 valence electrons. The van der Waals surface area contributed by atoms with Crippen LogP contribution < -0.4 is 0 Å². The molecule has 0 aliphatic heterocycles. The average Bonchev–Trinajstić information content (AvgIpc) is 2.68. The first-order valence-corrected chi connectivity index (χ1v) is 6.60. The topological polar surface area (TPSA) is 34.9 Å². The zero-order valence-electron chi connectivity index (χ0n) is 11.3. The van der Waals surface area contributed by atoms with Crippen molar-refractivity contribution in [3.63, 3.8) is 0 Å². The van der Waals surface area contributed by atoms with E-state index in [1.165, 1.54) is 0 Å². The van der Waals surface area contributed by atoms with Crippen LogP contribution in [0.4, 0.5) is 0 Å². The van der Waals surface area contributed by atoms with E-state index >= 15 is 0 Å². The molecule has 0 unspecified atom stereocenters. The number of aryl methyl sites for hydroxylation is 1. The number of fused-ring (bicyclic) bond motifs is 1. The molecule has 18 heavy (non-hydrogen) atoms. The summed E-state index contributed by atoms with van der Waals surface area (Å²) in [5, 5.41) is 0. The molecule has 0 aliphatic rings. The van der Waals surface area contributed by atoms with Crippen molar-refractivity contribution in [3.05, 3.63) is 30.1 Å². The second-order valence-electron chi connectivity index (χ2n) is 4.97. The van der Waals surface area contributed by atoms with Gasteiger partial charge >= 0.3 is 0 Å². The molecule has 1 aromatic heterocycles. The van der Waals surface area contributed by atoms with E-state index in [4.69, 9.17) is 0 Å². The highest BCUT2D eigenvalue weighted by atomic mass is 16.1. The van der Waals surface area contributed by atoms with Crippen LogP contribution in [-0.2, 0) is 17.8 Å². The van der Waals surface area contributed by atoms with Gasteiger partial charge in [0, 0.05) is 12.3 Å². The first-order valence-electron chi connectivity index (χ1n) is 6.60. The number of nitrogens with zero attached hydrogens (tertiary/aromatic N) is 2. The largest absolute Gasteiger partial charge is 0.320 e. The first kappa shape index (κ1) is 12.8. The van der Waals surface area contributed by atoms with Gasteiger partial charge < -0.3 is 4.57 Å². The molecule has 0 fully saturated rings. The van der Waals surface area contributed by atoms with Crippen LogP contribution in [0.1, 0.15) is 33.0 Å². The summed E-state index contributed by atoms with van der Waals surface area (Å²) in [6, 6.07) is 8.02. The lowest BCUT2D eigenvalue weighted by Crippen LogP contribution is -2.17. The number of ketones is 1. The SMILES string of the molecule is CCCc1nc2ccccc2n1CC(=O)C(C)C. The molecule has 0 aliphatic carbocycles. The van der Waals surface area contributed by atoms with E-state index < -0.39 is 0 Å². The lowest BCUT2D eigenvalue weighted by molar-refractivity contribution is -0.122. The predicted molar refractivity (Wildman–Crippen MR) is 73.6 cm³/mol. The van der Waals surface area contributed by atoms with Crippen LogP contribution >= 0.6 is 0 Å². The number of hydrogen-bond donors (Lipinski definition) is 0. The van der Waals surface area contributed by atoms with Gasteiger partial charge in [-0.05, 0) is 18.6 Å². The normalized spacial score (nSPS) is 11.3. The summed E-state index contributed by atoms with van der Waals surface area (Å²) < 4.78 is 2.07. The third kappa shape index (κ3) is 2.45. The van der Waals surface area contributed by atoms with Crippen LogP contribution in [0.3, 0.4) is 0 Å². The number of rotatable bonds is 5. The summed E-state index contributed by atoms with van der Waals surface area (Å²) in [6.07, 6.45) is 1.96. The van der Waals surface area contributed by atoms with Gasteiger partial charge in [-0.1, -0.05) is 32.9 Å². The van der Waals surface area contributed by atoms with Gasteiger partial charge in [-0.3, -0.25) is 4.79 Å². The van der Waals surface area contributed by atoms with Gasteiger partial charge in [0.1, 0.15) is 5.82 Å². The number of aromatic nitrogens is 2. The molecule has 0 atom stereocenters. The zero-order chi connectivity index (χ0) is 13.1. The third-order valence-corrected chi connectivity index (χ3v) is 3.17. The van der Waals surface area contributed by atoms with E-state index in [9.17, 15) is 4.79 Å². The van der Waals surface area contributed by atoms with Crippen molar-refractivity contribution in [2.75, 3.05) is 0 Å². The quantitative estimate of drug-likeness (QED) is 0.809. The fourth-order valence-electron chi connectivity index (χ4n) is 2.05. The monoisotopic (exact) mass is 244 g/mol. The summed E-state index contributed by atoms with van der Waals surface area (Å²) in [6.45, 7) is 6.46. The maximum absolute atomic E-state index is 12.0. The highest BCUT2D eigenvalue weighted by molar-refractivity contribution is 5.83. The van der Waals surface area contributed by atoms with Gasteiger partial charge in [0.25, 0.3) is 0 Å². The average molecular weight is 244 g/mol. The standard InChI is InChI=1S/C15H20N2O/c1-4-7-15-16-12-8-5-6-9-13(12)17(15)10-14(18)11(2)3/h5-6,8-9,11H,4,7,10H2,1-3H3. The number of carbonyl (C=O) groups is 1. The molecule has 0 radical (unpaired) electrons. The molecule has 2 rings (SSSR count). The second kappa shape index (κ2) is 5.34. The van der Waals surface area contributed by atoms with Crippen molar-refractivity contribution >= 4 is 16.8 Å². The Morgan fingerprint density at radius 1 is 1.33 bits per heavy atom. The second-order valence-corrected chi connectivity index (χ2v) is 4.97. The smallest absolute Gasteiger partial charge is 0.155 e. The molecule has 3 heteroatoms. The molecule has 2 aromatic rings. The number of carbonyl (C=O) groups excluding carboxylic acids is 1. The number of Topliss-reactive ketones (excluding diaryl/α,β-unsaturated/α-hetero) is 1. The van der Waals surface area contributed by atoms with Crippen LogP contribution in [0.25, 0.3) is 11.0 Å². The molecule has 1 heterocycles. The van der Waals surface area contributed by atoms with Gasteiger partial charge in [0.2, 0.25) is 0 Å². The number of para-hydroxylation sites is 2. The summed E-state index contributed by atoms with van der Waals surface area (Å²) in [5.41, 5.74) is 2.05. The van der Waals surface area contributed by atoms with Crippen LogP contribution in [0.5, 0.6) is 0 Å². The van der Waals surface area contributed by atoms with Crippen molar-refractivity contribution in [2.45, 2.75) is 40.2 Å². The van der Waals surface area contributed by atoms with Gasteiger partial charge in [-0.2, -0.15) is 0 Å². The highest BCUT2D eigenvalue weighted by Gasteiger charge is 2.14. The first-order chi connectivity index (χ1) is 8.63. The van der Waals surface area contributed by atoms with E-state index in [0.29, 0.717) is 6.54 Å². The minimum absolute atomic E-state index is 0.0700. The van der Waals surface area contributed by atoms with Gasteiger partial charge in [0.15, 0.2) is 5.78 Å². The number of imidazole rings is 1. The van der Waals surface area contributed by atoms with Gasteiger partial charge in [0.05, 0.1) is 17.6 Å². The predicted octanol–water partition coefficient (Wildman–Crippen LogP) is 3.21. The summed E-state index contributed by atoms with van der Waals surface area (Å²) in [5.74, 6) is 1.35. The molecule has 0 saturated heterocycles.